The van der Waals surface area contributed by atoms with Crippen LogP contribution in [-0.2, 0) is 24.1 Å². The predicted octanol–water partition coefficient (Wildman–Crippen LogP) is 5.42. The van der Waals surface area contributed by atoms with Gasteiger partial charge in [-0.2, -0.15) is 0 Å². The van der Waals surface area contributed by atoms with Gasteiger partial charge in [0.25, 0.3) is 0 Å². The molecule has 1 unspecified atom stereocenters. The number of hydrogen-bond donors (Lipinski definition) is 0. The molecular formula is C26H29NO3S. The van der Waals surface area contributed by atoms with Crippen molar-refractivity contribution in [2.24, 2.45) is 17.8 Å². The fraction of sp³-hybridized carbons (Fsp3) is 0.538. The van der Waals surface area contributed by atoms with Gasteiger partial charge in [-0.05, 0) is 68.1 Å². The molecule has 0 aliphatic heterocycles. The number of aromatic nitrogens is 1. The molecular weight excluding hydrogens is 406 g/mol. The first kappa shape index (κ1) is 20.7. The summed E-state index contributed by atoms with van der Waals surface area (Å²) in [6.07, 6.45) is 13.0. The van der Waals surface area contributed by atoms with E-state index in [1.165, 1.54) is 17.7 Å². The molecule has 4 nitrogen and oxygen atoms in total. The largest absolute Gasteiger partial charge is 0.299 e. The number of pyridine rings is 1. The van der Waals surface area contributed by atoms with Crippen molar-refractivity contribution in [1.82, 2.24) is 4.98 Å². The van der Waals surface area contributed by atoms with Crippen LogP contribution in [0, 0.1) is 17.8 Å². The van der Waals surface area contributed by atoms with Gasteiger partial charge in [0.05, 0.1) is 0 Å². The number of ketones is 3. The molecule has 0 aromatic carbocycles. The second-order valence-corrected chi connectivity index (χ2v) is 10.8. The lowest BCUT2D eigenvalue weighted by atomic mass is 9.81. The summed E-state index contributed by atoms with van der Waals surface area (Å²) in [6, 6.07) is 3.55. The maximum absolute atomic E-state index is 13.3. The summed E-state index contributed by atoms with van der Waals surface area (Å²) in [5, 5.41) is 0. The Morgan fingerprint density at radius 3 is 2.45 bits per heavy atom. The van der Waals surface area contributed by atoms with E-state index in [1.54, 1.807) is 35.9 Å². The number of rotatable bonds is 10. The summed E-state index contributed by atoms with van der Waals surface area (Å²) in [5.74, 6) is 1.88. The predicted molar refractivity (Wildman–Crippen MR) is 121 cm³/mol. The Hall–Kier alpha value is -2.14. The molecule has 0 bridgehead atoms. The normalized spacial score (nSPS) is 20.3. The van der Waals surface area contributed by atoms with Crippen LogP contribution in [0.2, 0.25) is 0 Å². The van der Waals surface area contributed by atoms with Gasteiger partial charge in [0.1, 0.15) is 5.78 Å². The van der Waals surface area contributed by atoms with Crippen LogP contribution in [0.25, 0.3) is 0 Å². The molecule has 0 radical (unpaired) electrons. The average Bonchev–Trinajstić information content (AvgIpc) is 3.69. The Kier molecular flexibility index (Phi) is 5.87. The zero-order chi connectivity index (χ0) is 21.4. The number of Topliss-reactive ketones (excluding diaryl/α,β-unsaturated/α-hetero) is 3. The quantitative estimate of drug-likeness (QED) is 0.468. The summed E-state index contributed by atoms with van der Waals surface area (Å²) in [7, 11) is 0. The second-order valence-electron chi connectivity index (χ2n) is 9.60. The number of thiophene rings is 1. The molecule has 0 saturated heterocycles. The monoisotopic (exact) mass is 435 g/mol. The number of nitrogens with zero attached hydrogens (tertiary/aromatic N) is 1. The molecule has 0 spiro atoms. The zero-order valence-corrected chi connectivity index (χ0v) is 18.7. The van der Waals surface area contributed by atoms with Crippen molar-refractivity contribution in [2.45, 2.75) is 70.6 Å². The van der Waals surface area contributed by atoms with Crippen LogP contribution in [0.5, 0.6) is 0 Å². The maximum atomic E-state index is 13.3. The van der Waals surface area contributed by atoms with Gasteiger partial charge in [-0.25, -0.2) is 0 Å². The zero-order valence-electron chi connectivity index (χ0n) is 17.9. The van der Waals surface area contributed by atoms with Gasteiger partial charge in [0.2, 0.25) is 0 Å². The summed E-state index contributed by atoms with van der Waals surface area (Å²) < 4.78 is 0. The number of hydrogen-bond acceptors (Lipinski definition) is 5. The van der Waals surface area contributed by atoms with Crippen LogP contribution in [0.4, 0.5) is 0 Å². The smallest absolute Gasteiger partial charge is 0.164 e. The minimum Gasteiger partial charge on any atom is -0.299 e. The van der Waals surface area contributed by atoms with Crippen molar-refractivity contribution >= 4 is 28.7 Å². The van der Waals surface area contributed by atoms with Crippen molar-refractivity contribution in [3.63, 3.8) is 0 Å². The first-order valence-corrected chi connectivity index (χ1v) is 12.5. The Balaban J connectivity index is 1.35. The number of fused-ring (bicyclic) bond motifs is 1. The van der Waals surface area contributed by atoms with Crippen molar-refractivity contribution in [3.8, 4) is 0 Å². The first-order chi connectivity index (χ1) is 15.1. The van der Waals surface area contributed by atoms with E-state index >= 15 is 0 Å². The molecule has 5 heteroatoms. The topological polar surface area (TPSA) is 64.1 Å². The first-order valence-electron chi connectivity index (χ1n) is 11.7. The maximum Gasteiger partial charge on any atom is 0.164 e. The van der Waals surface area contributed by atoms with Crippen LogP contribution < -0.4 is 0 Å². The van der Waals surface area contributed by atoms with Crippen molar-refractivity contribution in [1.29, 1.82) is 0 Å². The van der Waals surface area contributed by atoms with E-state index in [0.29, 0.717) is 30.6 Å². The minimum absolute atomic E-state index is 0.150. The van der Waals surface area contributed by atoms with E-state index in [2.05, 4.69) is 4.98 Å². The molecule has 2 saturated carbocycles. The SMILES string of the molecule is O=C(CC1CCc2sc(CC(=O)C3CC3)c(C(=O)CCC3CC3)c2C1)c1ccncc1. The van der Waals surface area contributed by atoms with Crippen molar-refractivity contribution in [3.05, 3.63) is 51.0 Å². The Morgan fingerprint density at radius 1 is 0.968 bits per heavy atom. The number of aryl methyl sites for hydroxylation is 1. The van der Waals surface area contributed by atoms with Gasteiger partial charge < -0.3 is 0 Å². The van der Waals surface area contributed by atoms with Crippen molar-refractivity contribution < 1.29 is 14.4 Å². The highest BCUT2D eigenvalue weighted by atomic mass is 32.1. The van der Waals surface area contributed by atoms with Crippen LogP contribution in [-0.4, -0.2) is 22.3 Å². The van der Waals surface area contributed by atoms with Gasteiger partial charge in [0, 0.05) is 58.5 Å². The molecule has 2 aromatic heterocycles. The molecule has 0 amide bonds. The van der Waals surface area contributed by atoms with Gasteiger partial charge in [-0.15, -0.1) is 11.3 Å². The fourth-order valence-corrected chi connectivity index (χ4v) is 6.21. The van der Waals surface area contributed by atoms with Crippen LogP contribution in [0.1, 0.15) is 87.4 Å². The third kappa shape index (κ3) is 4.87. The molecule has 162 valence electrons. The highest BCUT2D eigenvalue weighted by Crippen LogP contribution is 2.41. The lowest BCUT2D eigenvalue weighted by Gasteiger charge is -2.22. The molecule has 3 aliphatic rings. The molecule has 31 heavy (non-hydrogen) atoms. The third-order valence-electron chi connectivity index (χ3n) is 7.04. The fourth-order valence-electron chi connectivity index (χ4n) is 4.83. The van der Waals surface area contributed by atoms with E-state index in [4.69, 9.17) is 0 Å². The van der Waals surface area contributed by atoms with Crippen LogP contribution in [0.15, 0.2) is 24.5 Å². The molecule has 3 aliphatic carbocycles. The molecule has 5 rings (SSSR count). The standard InChI is InChI=1S/C26H29NO3S/c28-21(7-3-16-1-2-16)26-20-13-17(14-22(29)19-9-11-27-12-10-19)4-8-24(20)31-25(26)15-23(30)18-5-6-18/h9-12,16-18H,1-8,13-15H2. The second kappa shape index (κ2) is 8.78. The molecule has 0 N–H and O–H groups in total. The summed E-state index contributed by atoms with van der Waals surface area (Å²) >= 11 is 1.70. The molecule has 1 atom stereocenters. The van der Waals surface area contributed by atoms with Crippen molar-refractivity contribution in [2.75, 3.05) is 0 Å². The van der Waals surface area contributed by atoms with Gasteiger partial charge in [-0.3, -0.25) is 19.4 Å². The Labute approximate surface area is 187 Å². The van der Waals surface area contributed by atoms with E-state index in [-0.39, 0.29) is 23.4 Å². The van der Waals surface area contributed by atoms with E-state index < -0.39 is 0 Å². The number of carbonyl (C=O) groups is 3. The highest BCUT2D eigenvalue weighted by Gasteiger charge is 2.34. The summed E-state index contributed by atoms with van der Waals surface area (Å²) in [4.78, 5) is 44.8. The van der Waals surface area contributed by atoms with Gasteiger partial charge >= 0.3 is 0 Å². The summed E-state index contributed by atoms with van der Waals surface area (Å²) in [5.41, 5.74) is 2.72. The van der Waals surface area contributed by atoms with Crippen LogP contribution >= 0.6 is 11.3 Å². The van der Waals surface area contributed by atoms with Gasteiger partial charge in [0.15, 0.2) is 11.6 Å². The third-order valence-corrected chi connectivity index (χ3v) is 8.33. The molecule has 2 aromatic rings. The van der Waals surface area contributed by atoms with E-state index in [0.717, 1.165) is 60.4 Å². The highest BCUT2D eigenvalue weighted by molar-refractivity contribution is 7.12. The average molecular weight is 436 g/mol. The Bertz CT molecular complexity index is 1000. The minimum atomic E-state index is 0.150. The van der Waals surface area contributed by atoms with Crippen LogP contribution in [0.3, 0.4) is 0 Å². The lowest BCUT2D eigenvalue weighted by molar-refractivity contribution is -0.119. The Morgan fingerprint density at radius 2 is 1.74 bits per heavy atom. The van der Waals surface area contributed by atoms with E-state index in [1.807, 2.05) is 0 Å². The molecule has 2 heterocycles. The summed E-state index contributed by atoms with van der Waals surface area (Å²) in [6.45, 7) is 0. The molecule has 2 fully saturated rings. The lowest BCUT2D eigenvalue weighted by Crippen LogP contribution is -2.19. The van der Waals surface area contributed by atoms with Gasteiger partial charge in [-0.1, -0.05) is 12.8 Å². The number of carbonyl (C=O) groups excluding carboxylic acids is 3. The van der Waals surface area contributed by atoms with E-state index in [9.17, 15) is 14.4 Å².